The molecule has 0 radical (unpaired) electrons. The Hall–Kier alpha value is -4.10. The molecule has 1 saturated heterocycles. The van der Waals surface area contributed by atoms with E-state index in [9.17, 15) is 14.4 Å². The Morgan fingerprint density at radius 2 is 1.62 bits per heavy atom. The molecule has 0 spiro atoms. The van der Waals surface area contributed by atoms with Gasteiger partial charge in [-0.2, -0.15) is 0 Å². The molecule has 2 heterocycles. The Balaban J connectivity index is 1.38. The lowest BCUT2D eigenvalue weighted by Crippen LogP contribution is -2.36. The van der Waals surface area contributed by atoms with E-state index in [0.717, 1.165) is 44.3 Å². The second-order valence-electron chi connectivity index (χ2n) is 9.30. The minimum absolute atomic E-state index is 0.308. The fourth-order valence-corrected chi connectivity index (χ4v) is 5.35. The van der Waals surface area contributed by atoms with Crippen molar-refractivity contribution in [2.45, 2.75) is 27.3 Å². The molecule has 1 aromatic heterocycles. The third-order valence-electron chi connectivity index (χ3n) is 6.50. The Bertz CT molecular complexity index is 1550. The van der Waals surface area contributed by atoms with Crippen LogP contribution in [0.4, 0.5) is 10.5 Å². The summed E-state index contributed by atoms with van der Waals surface area (Å²) in [6, 6.07) is 22.1. The van der Waals surface area contributed by atoms with Crippen molar-refractivity contribution in [3.8, 4) is 0 Å². The number of aromatic nitrogens is 1. The highest BCUT2D eigenvalue weighted by molar-refractivity contribution is 8.18. The van der Waals surface area contributed by atoms with Crippen molar-refractivity contribution in [3.63, 3.8) is 0 Å². The van der Waals surface area contributed by atoms with Gasteiger partial charge in [0.25, 0.3) is 11.1 Å². The summed E-state index contributed by atoms with van der Waals surface area (Å²) in [6.45, 7) is 6.23. The summed E-state index contributed by atoms with van der Waals surface area (Å²) in [4.78, 5) is 39.8. The van der Waals surface area contributed by atoms with E-state index in [1.165, 1.54) is 11.1 Å². The lowest BCUT2D eigenvalue weighted by molar-refractivity contribution is -0.127. The number of benzene rings is 3. The molecule has 6 nitrogen and oxygen atoms in total. The fraction of sp³-hybridized carbons (Fsp3) is 0.167. The van der Waals surface area contributed by atoms with Gasteiger partial charge < -0.3 is 9.88 Å². The molecule has 1 N–H and O–H groups in total. The summed E-state index contributed by atoms with van der Waals surface area (Å²) >= 11 is 0.864. The molecule has 3 aromatic carbocycles. The van der Waals surface area contributed by atoms with Crippen LogP contribution < -0.4 is 5.32 Å². The molecule has 5 rings (SSSR count). The van der Waals surface area contributed by atoms with Crippen LogP contribution in [0.15, 0.2) is 77.8 Å². The van der Waals surface area contributed by atoms with Crippen LogP contribution >= 0.6 is 11.8 Å². The van der Waals surface area contributed by atoms with E-state index >= 15 is 0 Å². The summed E-state index contributed by atoms with van der Waals surface area (Å²) in [5.74, 6) is -0.863. The number of amides is 3. The first-order chi connectivity index (χ1) is 17.8. The number of nitrogens with zero attached hydrogens (tertiary/aromatic N) is 2. The first-order valence-corrected chi connectivity index (χ1v) is 12.9. The molecule has 0 aliphatic carbocycles. The van der Waals surface area contributed by atoms with Gasteiger partial charge in [0.15, 0.2) is 0 Å². The minimum atomic E-state index is -0.456. The van der Waals surface area contributed by atoms with Crippen molar-refractivity contribution in [1.82, 2.24) is 9.47 Å². The van der Waals surface area contributed by atoms with Crippen molar-refractivity contribution in [1.29, 1.82) is 0 Å². The first kappa shape index (κ1) is 24.6. The highest BCUT2D eigenvalue weighted by Crippen LogP contribution is 2.34. The normalized spacial score (nSPS) is 14.7. The highest BCUT2D eigenvalue weighted by Gasteiger charge is 2.36. The van der Waals surface area contributed by atoms with Gasteiger partial charge >= 0.3 is 0 Å². The Morgan fingerprint density at radius 1 is 0.919 bits per heavy atom. The molecule has 0 unspecified atom stereocenters. The maximum Gasteiger partial charge on any atom is 0.294 e. The highest BCUT2D eigenvalue weighted by atomic mass is 32.2. The van der Waals surface area contributed by atoms with Crippen LogP contribution in [0.1, 0.15) is 27.8 Å². The van der Waals surface area contributed by atoms with Crippen LogP contribution in [0.5, 0.6) is 0 Å². The number of carbonyl (C=O) groups is 3. The summed E-state index contributed by atoms with van der Waals surface area (Å²) in [7, 11) is 0. The monoisotopic (exact) mass is 509 g/mol. The van der Waals surface area contributed by atoms with Gasteiger partial charge in [-0.05, 0) is 61.4 Å². The number of rotatable bonds is 6. The number of hydrogen-bond donors (Lipinski definition) is 1. The Kier molecular flexibility index (Phi) is 6.72. The molecule has 0 atom stereocenters. The molecule has 37 heavy (non-hydrogen) atoms. The molecule has 186 valence electrons. The van der Waals surface area contributed by atoms with Gasteiger partial charge in [-0.1, -0.05) is 66.2 Å². The summed E-state index contributed by atoms with van der Waals surface area (Å²) in [5, 5.41) is 3.39. The van der Waals surface area contributed by atoms with E-state index in [4.69, 9.17) is 0 Å². The van der Waals surface area contributed by atoms with Gasteiger partial charge in [0.1, 0.15) is 6.54 Å². The third-order valence-corrected chi connectivity index (χ3v) is 7.41. The summed E-state index contributed by atoms with van der Waals surface area (Å²) < 4.78 is 2.15. The van der Waals surface area contributed by atoms with Crippen LogP contribution in [0.25, 0.3) is 17.0 Å². The minimum Gasteiger partial charge on any atom is -0.342 e. The van der Waals surface area contributed by atoms with E-state index in [0.29, 0.717) is 17.1 Å². The molecule has 4 aromatic rings. The van der Waals surface area contributed by atoms with Gasteiger partial charge in [-0.25, -0.2) is 0 Å². The molecule has 0 bridgehead atoms. The molecule has 1 aliphatic heterocycles. The van der Waals surface area contributed by atoms with Crippen molar-refractivity contribution in [2.24, 2.45) is 0 Å². The van der Waals surface area contributed by atoms with Gasteiger partial charge in [0.2, 0.25) is 5.91 Å². The lowest BCUT2D eigenvalue weighted by Gasteiger charge is -2.15. The van der Waals surface area contributed by atoms with Crippen LogP contribution in [-0.2, 0) is 16.1 Å². The number of imide groups is 1. The van der Waals surface area contributed by atoms with E-state index in [1.807, 2.05) is 62.5 Å². The number of anilines is 1. The number of thioether (sulfide) groups is 1. The predicted octanol–water partition coefficient (Wildman–Crippen LogP) is 6.29. The first-order valence-electron chi connectivity index (χ1n) is 12.0. The average molecular weight is 510 g/mol. The van der Waals surface area contributed by atoms with Crippen molar-refractivity contribution < 1.29 is 14.4 Å². The van der Waals surface area contributed by atoms with Crippen molar-refractivity contribution in [2.75, 3.05) is 11.9 Å². The van der Waals surface area contributed by atoms with Gasteiger partial charge in [0.05, 0.1) is 4.91 Å². The molecule has 1 aliphatic rings. The number of hydrogen-bond acceptors (Lipinski definition) is 4. The van der Waals surface area contributed by atoms with Crippen LogP contribution in [0, 0.1) is 20.8 Å². The zero-order valence-corrected chi connectivity index (χ0v) is 21.8. The van der Waals surface area contributed by atoms with Crippen LogP contribution in [-0.4, -0.2) is 33.1 Å². The Labute approximate surface area is 220 Å². The molecule has 3 amide bonds. The standard InChI is InChI=1S/C30H27N3O3S/c1-19-11-13-22(14-12-19)16-32-17-23(24-9-4-5-10-25(24)32)15-26-29(35)33(30(36)37-26)18-27(34)31-28-20(2)7-6-8-21(28)3/h4-15,17H,16,18H2,1-3H3,(H,31,34)/b26-15-. The summed E-state index contributed by atoms with van der Waals surface area (Å²) in [5.41, 5.74) is 6.83. The summed E-state index contributed by atoms with van der Waals surface area (Å²) in [6.07, 6.45) is 3.76. The molecule has 0 saturated carbocycles. The van der Waals surface area contributed by atoms with Gasteiger partial charge in [0, 0.05) is 34.9 Å². The van der Waals surface area contributed by atoms with E-state index < -0.39 is 17.1 Å². The topological polar surface area (TPSA) is 71.4 Å². The predicted molar refractivity (Wildman–Crippen MR) is 149 cm³/mol. The lowest BCUT2D eigenvalue weighted by atomic mass is 10.1. The van der Waals surface area contributed by atoms with Gasteiger partial charge in [-0.3, -0.25) is 19.3 Å². The number of nitrogens with one attached hydrogen (secondary N) is 1. The molecule has 1 fully saturated rings. The maximum absolute atomic E-state index is 13.1. The Morgan fingerprint density at radius 3 is 2.35 bits per heavy atom. The number of carbonyl (C=O) groups excluding carboxylic acids is 3. The zero-order valence-electron chi connectivity index (χ0n) is 20.9. The second kappa shape index (κ2) is 10.1. The smallest absolute Gasteiger partial charge is 0.294 e. The quantitative estimate of drug-likeness (QED) is 0.310. The zero-order chi connectivity index (χ0) is 26.1. The van der Waals surface area contributed by atoms with E-state index in [1.54, 1.807) is 6.08 Å². The second-order valence-corrected chi connectivity index (χ2v) is 10.3. The maximum atomic E-state index is 13.1. The van der Waals surface area contributed by atoms with Crippen molar-refractivity contribution >= 4 is 51.5 Å². The SMILES string of the molecule is Cc1ccc(Cn2cc(/C=C3\SC(=O)N(CC(=O)Nc4c(C)cccc4C)C3=O)c3ccccc32)cc1. The van der Waals surface area contributed by atoms with Crippen molar-refractivity contribution in [3.05, 3.63) is 106 Å². The average Bonchev–Trinajstić information content (AvgIpc) is 3.35. The third kappa shape index (κ3) is 5.08. The fourth-order valence-electron chi connectivity index (χ4n) is 4.52. The largest absolute Gasteiger partial charge is 0.342 e. The number of fused-ring (bicyclic) bond motifs is 1. The molecular formula is C30H27N3O3S. The van der Waals surface area contributed by atoms with E-state index in [2.05, 4.69) is 41.1 Å². The van der Waals surface area contributed by atoms with Crippen LogP contribution in [0.3, 0.4) is 0 Å². The number of para-hydroxylation sites is 2. The van der Waals surface area contributed by atoms with E-state index in [-0.39, 0.29) is 6.54 Å². The molecule has 7 heteroatoms. The van der Waals surface area contributed by atoms with Gasteiger partial charge in [-0.15, -0.1) is 0 Å². The number of aryl methyl sites for hydroxylation is 3. The van der Waals surface area contributed by atoms with Crippen LogP contribution in [0.2, 0.25) is 0 Å². The molecular weight excluding hydrogens is 482 g/mol.